The topological polar surface area (TPSA) is 36.7 Å². The third kappa shape index (κ3) is 3.93. The summed E-state index contributed by atoms with van der Waals surface area (Å²) in [7, 11) is 0. The van der Waals surface area contributed by atoms with Crippen LogP contribution in [-0.2, 0) is 0 Å². The highest BCUT2D eigenvalue weighted by molar-refractivity contribution is 7.99. The van der Waals surface area contributed by atoms with Gasteiger partial charge in [-0.2, -0.15) is 0 Å². The number of amides is 1. The minimum Gasteiger partial charge on any atom is -0.459 e. The summed E-state index contributed by atoms with van der Waals surface area (Å²) in [5.74, 6) is 1.52. The van der Waals surface area contributed by atoms with Crippen LogP contribution in [0, 0.1) is 0 Å². The molecule has 0 radical (unpaired) electrons. The molecule has 1 aliphatic rings. The fraction of sp³-hybridized carbons (Fsp3) is 0.353. The maximum absolute atomic E-state index is 12.2. The van der Waals surface area contributed by atoms with Crippen molar-refractivity contribution < 1.29 is 9.21 Å². The highest BCUT2D eigenvalue weighted by Crippen LogP contribution is 2.17. The Morgan fingerprint density at radius 3 is 2.50 bits per heavy atom. The molecule has 0 unspecified atom stereocenters. The van der Waals surface area contributed by atoms with Crippen molar-refractivity contribution in [3.05, 3.63) is 54.5 Å². The lowest BCUT2D eigenvalue weighted by Crippen LogP contribution is -2.49. The quantitative estimate of drug-likeness (QED) is 0.795. The van der Waals surface area contributed by atoms with Crippen LogP contribution < -0.4 is 0 Å². The first kappa shape index (κ1) is 15.2. The minimum absolute atomic E-state index is 0.00307. The zero-order valence-electron chi connectivity index (χ0n) is 12.5. The predicted molar refractivity (Wildman–Crippen MR) is 88.2 cm³/mol. The molecule has 5 heteroatoms. The lowest BCUT2D eigenvalue weighted by atomic mass is 10.3. The number of hydrogen-bond acceptors (Lipinski definition) is 4. The van der Waals surface area contributed by atoms with Gasteiger partial charge in [0, 0.05) is 43.4 Å². The zero-order chi connectivity index (χ0) is 15.2. The number of thioether (sulfide) groups is 1. The number of nitrogens with zero attached hydrogens (tertiary/aromatic N) is 2. The van der Waals surface area contributed by atoms with E-state index < -0.39 is 0 Å². The average molecular weight is 316 g/mol. The van der Waals surface area contributed by atoms with Crippen molar-refractivity contribution in [1.29, 1.82) is 0 Å². The SMILES string of the molecule is O=C(c1ccco1)N1CCN(CCSc2ccccc2)CC1. The molecule has 0 aliphatic carbocycles. The summed E-state index contributed by atoms with van der Waals surface area (Å²) < 4.78 is 5.18. The van der Waals surface area contributed by atoms with Gasteiger partial charge in [0.25, 0.3) is 5.91 Å². The first-order chi connectivity index (χ1) is 10.8. The molecule has 1 fully saturated rings. The van der Waals surface area contributed by atoms with Crippen LogP contribution in [0.4, 0.5) is 0 Å². The van der Waals surface area contributed by atoms with E-state index >= 15 is 0 Å². The number of rotatable bonds is 5. The molecule has 0 atom stereocenters. The van der Waals surface area contributed by atoms with E-state index in [0.717, 1.165) is 38.5 Å². The van der Waals surface area contributed by atoms with Crippen molar-refractivity contribution in [2.45, 2.75) is 4.90 Å². The molecule has 1 aromatic carbocycles. The number of carbonyl (C=O) groups excluding carboxylic acids is 1. The number of carbonyl (C=O) groups is 1. The summed E-state index contributed by atoms with van der Waals surface area (Å²) in [5, 5.41) is 0. The van der Waals surface area contributed by atoms with Crippen molar-refractivity contribution in [3.63, 3.8) is 0 Å². The predicted octanol–water partition coefficient (Wildman–Crippen LogP) is 2.83. The smallest absolute Gasteiger partial charge is 0.289 e. The van der Waals surface area contributed by atoms with Crippen LogP contribution in [0.1, 0.15) is 10.6 Å². The number of piperazine rings is 1. The zero-order valence-corrected chi connectivity index (χ0v) is 13.3. The van der Waals surface area contributed by atoms with Gasteiger partial charge in [-0.05, 0) is 24.3 Å². The molecule has 0 spiro atoms. The van der Waals surface area contributed by atoms with Crippen LogP contribution in [0.2, 0.25) is 0 Å². The van der Waals surface area contributed by atoms with Gasteiger partial charge >= 0.3 is 0 Å². The van der Waals surface area contributed by atoms with E-state index in [0.29, 0.717) is 5.76 Å². The van der Waals surface area contributed by atoms with Crippen LogP contribution in [-0.4, -0.2) is 54.2 Å². The van der Waals surface area contributed by atoms with Gasteiger partial charge in [-0.1, -0.05) is 18.2 Å². The average Bonchev–Trinajstić information content (AvgIpc) is 3.10. The minimum atomic E-state index is 0.00307. The van der Waals surface area contributed by atoms with Crippen LogP contribution >= 0.6 is 11.8 Å². The molecular weight excluding hydrogens is 296 g/mol. The van der Waals surface area contributed by atoms with Gasteiger partial charge in [-0.25, -0.2) is 0 Å². The summed E-state index contributed by atoms with van der Waals surface area (Å²) in [4.78, 5) is 17.8. The maximum Gasteiger partial charge on any atom is 0.289 e. The summed E-state index contributed by atoms with van der Waals surface area (Å²) >= 11 is 1.88. The molecule has 2 aromatic rings. The molecule has 2 heterocycles. The highest BCUT2D eigenvalue weighted by atomic mass is 32.2. The highest BCUT2D eigenvalue weighted by Gasteiger charge is 2.23. The molecular formula is C17H20N2O2S. The van der Waals surface area contributed by atoms with E-state index in [1.807, 2.05) is 22.7 Å². The van der Waals surface area contributed by atoms with E-state index in [1.54, 1.807) is 18.4 Å². The van der Waals surface area contributed by atoms with Crippen LogP contribution in [0.25, 0.3) is 0 Å². The molecule has 1 aliphatic heterocycles. The maximum atomic E-state index is 12.2. The summed E-state index contributed by atoms with van der Waals surface area (Å²) in [5.41, 5.74) is 0. The lowest BCUT2D eigenvalue weighted by molar-refractivity contribution is 0.0613. The first-order valence-corrected chi connectivity index (χ1v) is 8.54. The summed E-state index contributed by atoms with van der Waals surface area (Å²) in [6, 6.07) is 14.0. The lowest BCUT2D eigenvalue weighted by Gasteiger charge is -2.34. The molecule has 116 valence electrons. The van der Waals surface area contributed by atoms with Crippen molar-refractivity contribution in [2.24, 2.45) is 0 Å². The van der Waals surface area contributed by atoms with Gasteiger partial charge in [0.05, 0.1) is 6.26 Å². The monoisotopic (exact) mass is 316 g/mol. The van der Waals surface area contributed by atoms with Gasteiger partial charge in [0.1, 0.15) is 0 Å². The van der Waals surface area contributed by atoms with Crippen molar-refractivity contribution in [1.82, 2.24) is 9.80 Å². The third-order valence-electron chi connectivity index (χ3n) is 3.81. The van der Waals surface area contributed by atoms with E-state index in [2.05, 4.69) is 29.2 Å². The molecule has 0 saturated carbocycles. The summed E-state index contributed by atoms with van der Waals surface area (Å²) in [6.07, 6.45) is 1.55. The molecule has 22 heavy (non-hydrogen) atoms. The Morgan fingerprint density at radius 2 is 1.82 bits per heavy atom. The molecule has 3 rings (SSSR count). The molecule has 1 aromatic heterocycles. The van der Waals surface area contributed by atoms with Gasteiger partial charge in [0.15, 0.2) is 5.76 Å². The van der Waals surface area contributed by atoms with E-state index in [-0.39, 0.29) is 5.91 Å². The van der Waals surface area contributed by atoms with Gasteiger partial charge in [-0.15, -0.1) is 11.8 Å². The van der Waals surface area contributed by atoms with E-state index in [4.69, 9.17) is 4.42 Å². The molecule has 0 bridgehead atoms. The number of hydrogen-bond donors (Lipinski definition) is 0. The number of furan rings is 1. The Hall–Kier alpha value is -1.72. The van der Waals surface area contributed by atoms with Crippen molar-refractivity contribution in [3.8, 4) is 0 Å². The van der Waals surface area contributed by atoms with Crippen LogP contribution in [0.15, 0.2) is 58.0 Å². The van der Waals surface area contributed by atoms with Crippen LogP contribution in [0.5, 0.6) is 0 Å². The van der Waals surface area contributed by atoms with Crippen LogP contribution in [0.3, 0.4) is 0 Å². The van der Waals surface area contributed by atoms with E-state index in [9.17, 15) is 4.79 Å². The second-order valence-corrected chi connectivity index (χ2v) is 6.44. The fourth-order valence-electron chi connectivity index (χ4n) is 2.54. The molecule has 0 N–H and O–H groups in total. The van der Waals surface area contributed by atoms with E-state index in [1.165, 1.54) is 4.90 Å². The molecule has 1 amide bonds. The standard InChI is InChI=1S/C17H20N2O2S/c20-17(16-7-4-13-21-16)19-10-8-18(9-11-19)12-14-22-15-5-2-1-3-6-15/h1-7,13H,8-12,14H2. The number of benzene rings is 1. The fourth-order valence-corrected chi connectivity index (χ4v) is 3.47. The Kier molecular flexibility index (Phi) is 5.19. The Bertz CT molecular complexity index is 578. The normalized spacial score (nSPS) is 15.9. The van der Waals surface area contributed by atoms with Gasteiger partial charge < -0.3 is 9.32 Å². The first-order valence-electron chi connectivity index (χ1n) is 7.56. The molecule has 4 nitrogen and oxygen atoms in total. The van der Waals surface area contributed by atoms with Gasteiger partial charge in [0.2, 0.25) is 0 Å². The third-order valence-corrected chi connectivity index (χ3v) is 4.80. The Morgan fingerprint density at radius 1 is 1.05 bits per heavy atom. The largest absolute Gasteiger partial charge is 0.459 e. The summed E-state index contributed by atoms with van der Waals surface area (Å²) in [6.45, 7) is 4.47. The second-order valence-electron chi connectivity index (χ2n) is 5.27. The second kappa shape index (κ2) is 7.51. The Labute approximate surface area is 135 Å². The van der Waals surface area contributed by atoms with Crippen molar-refractivity contribution >= 4 is 17.7 Å². The van der Waals surface area contributed by atoms with Gasteiger partial charge in [-0.3, -0.25) is 9.69 Å². The molecule has 1 saturated heterocycles. The van der Waals surface area contributed by atoms with Crippen molar-refractivity contribution in [2.75, 3.05) is 38.5 Å². The Balaban J connectivity index is 1.39.